The monoisotopic (exact) mass is 237 g/mol. The molecule has 1 aromatic rings. The Hall–Kier alpha value is -1.72. The van der Waals surface area contributed by atoms with Crippen LogP contribution in [-0.4, -0.2) is 41.7 Å². The van der Waals surface area contributed by atoms with Gasteiger partial charge in [0.05, 0.1) is 19.1 Å². The van der Waals surface area contributed by atoms with Crippen molar-refractivity contribution in [1.82, 2.24) is 5.32 Å². The fraction of sp³-hybridized carbons (Fsp3) is 0.333. The lowest BCUT2D eigenvalue weighted by atomic mass is 10.1. The summed E-state index contributed by atoms with van der Waals surface area (Å²) < 4.78 is 0. The molecule has 1 aromatic carbocycles. The van der Waals surface area contributed by atoms with Gasteiger partial charge in [-0.05, 0) is 11.6 Å². The van der Waals surface area contributed by atoms with E-state index in [1.807, 2.05) is 0 Å². The lowest BCUT2D eigenvalue weighted by molar-refractivity contribution is -0.121. The largest absolute Gasteiger partial charge is 0.394 e. The van der Waals surface area contributed by atoms with E-state index in [1.165, 1.54) is 0 Å². The Bertz CT molecular complexity index is 392. The number of aliphatic hydroxyl groups excluding tert-OH is 2. The predicted molar refractivity (Wildman–Crippen MR) is 61.6 cm³/mol. The minimum Gasteiger partial charge on any atom is -0.394 e. The molecule has 0 bridgehead atoms. The van der Waals surface area contributed by atoms with Crippen molar-refractivity contribution < 1.29 is 19.8 Å². The first kappa shape index (κ1) is 13.3. The normalized spacial score (nSPS) is 11.9. The Morgan fingerprint density at radius 2 is 2.24 bits per heavy atom. The molecule has 3 N–H and O–H groups in total. The third kappa shape index (κ3) is 4.76. The van der Waals surface area contributed by atoms with Crippen molar-refractivity contribution in [2.75, 3.05) is 13.2 Å². The van der Waals surface area contributed by atoms with Gasteiger partial charge in [-0.25, -0.2) is 0 Å². The summed E-state index contributed by atoms with van der Waals surface area (Å²) in [6.07, 6.45) is -0.0863. The minimum absolute atomic E-state index is 0.0166. The van der Waals surface area contributed by atoms with E-state index in [0.717, 1.165) is 11.8 Å². The maximum Gasteiger partial charge on any atom is 0.224 e. The fourth-order valence-electron chi connectivity index (χ4n) is 1.32. The molecule has 0 fully saturated rings. The highest BCUT2D eigenvalue weighted by molar-refractivity contribution is 5.80. The second kappa shape index (κ2) is 6.78. The van der Waals surface area contributed by atoms with Crippen molar-refractivity contribution >= 4 is 12.2 Å². The van der Waals surface area contributed by atoms with Crippen LogP contribution in [0.15, 0.2) is 24.3 Å². The molecule has 1 atom stereocenters. The summed E-state index contributed by atoms with van der Waals surface area (Å²) in [4.78, 5) is 22.0. The van der Waals surface area contributed by atoms with Gasteiger partial charge in [0.2, 0.25) is 5.91 Å². The third-order valence-electron chi connectivity index (χ3n) is 2.20. The van der Waals surface area contributed by atoms with Gasteiger partial charge in [0.15, 0.2) is 0 Å². The van der Waals surface area contributed by atoms with Crippen LogP contribution < -0.4 is 5.32 Å². The van der Waals surface area contributed by atoms with Crippen molar-refractivity contribution in [2.24, 2.45) is 0 Å². The van der Waals surface area contributed by atoms with Crippen LogP contribution in [0.2, 0.25) is 0 Å². The third-order valence-corrected chi connectivity index (χ3v) is 2.20. The van der Waals surface area contributed by atoms with Crippen LogP contribution in [0.25, 0.3) is 0 Å². The quantitative estimate of drug-likeness (QED) is 0.583. The smallest absolute Gasteiger partial charge is 0.224 e. The number of amides is 1. The van der Waals surface area contributed by atoms with Crippen LogP contribution in [0.3, 0.4) is 0 Å². The van der Waals surface area contributed by atoms with Crippen molar-refractivity contribution in [2.45, 2.75) is 12.5 Å². The van der Waals surface area contributed by atoms with E-state index in [-0.39, 0.29) is 25.5 Å². The van der Waals surface area contributed by atoms with Gasteiger partial charge < -0.3 is 15.5 Å². The molecule has 5 nitrogen and oxygen atoms in total. The van der Waals surface area contributed by atoms with Gasteiger partial charge in [-0.15, -0.1) is 0 Å². The summed E-state index contributed by atoms with van der Waals surface area (Å²) in [7, 11) is 0. The van der Waals surface area contributed by atoms with Crippen LogP contribution in [0, 0.1) is 0 Å². The van der Waals surface area contributed by atoms with Crippen LogP contribution in [0.1, 0.15) is 15.9 Å². The molecule has 5 heteroatoms. The van der Waals surface area contributed by atoms with Crippen LogP contribution in [0.4, 0.5) is 0 Å². The average molecular weight is 237 g/mol. The van der Waals surface area contributed by atoms with Crippen molar-refractivity contribution in [3.8, 4) is 0 Å². The molecule has 0 aromatic heterocycles. The fourth-order valence-corrected chi connectivity index (χ4v) is 1.32. The highest BCUT2D eigenvalue weighted by atomic mass is 16.3. The Morgan fingerprint density at radius 1 is 1.47 bits per heavy atom. The molecule has 1 amide bonds. The number of hydrogen-bond acceptors (Lipinski definition) is 4. The zero-order valence-corrected chi connectivity index (χ0v) is 9.30. The number of rotatable bonds is 6. The molecule has 1 rings (SSSR count). The molecule has 0 spiro atoms. The van der Waals surface area contributed by atoms with E-state index >= 15 is 0 Å². The van der Waals surface area contributed by atoms with E-state index in [9.17, 15) is 9.59 Å². The van der Waals surface area contributed by atoms with Crippen LogP contribution in [-0.2, 0) is 11.2 Å². The van der Waals surface area contributed by atoms with Gasteiger partial charge >= 0.3 is 0 Å². The SMILES string of the molecule is O=Cc1cccc(CC(=O)NCC(O)CO)c1. The molecule has 0 aliphatic heterocycles. The maximum atomic E-state index is 11.4. The number of carbonyl (C=O) groups excluding carboxylic acids is 2. The van der Waals surface area contributed by atoms with Crippen molar-refractivity contribution in [3.63, 3.8) is 0 Å². The van der Waals surface area contributed by atoms with E-state index in [2.05, 4.69) is 5.32 Å². The molecule has 0 aliphatic carbocycles. The lowest BCUT2D eigenvalue weighted by Gasteiger charge is -2.09. The zero-order valence-electron chi connectivity index (χ0n) is 9.30. The summed E-state index contributed by atoms with van der Waals surface area (Å²) in [5.41, 5.74) is 1.25. The number of benzene rings is 1. The number of nitrogens with one attached hydrogen (secondary N) is 1. The molecule has 0 saturated heterocycles. The van der Waals surface area contributed by atoms with E-state index in [0.29, 0.717) is 5.56 Å². The Labute approximate surface area is 99.1 Å². The number of carbonyl (C=O) groups is 2. The average Bonchev–Trinajstić information content (AvgIpc) is 2.36. The Morgan fingerprint density at radius 3 is 2.88 bits per heavy atom. The summed E-state index contributed by atoms with van der Waals surface area (Å²) in [5, 5.41) is 20.1. The molecule has 0 radical (unpaired) electrons. The first-order valence-corrected chi connectivity index (χ1v) is 5.25. The first-order valence-electron chi connectivity index (χ1n) is 5.25. The summed E-state index contributed by atoms with van der Waals surface area (Å²) >= 11 is 0. The molecule has 92 valence electrons. The standard InChI is InChI=1S/C12H15NO4/c14-7-10-3-1-2-9(4-10)5-12(17)13-6-11(16)8-15/h1-4,7,11,15-16H,5-6,8H2,(H,13,17). The molecule has 1 unspecified atom stereocenters. The van der Waals surface area contributed by atoms with Gasteiger partial charge in [-0.3, -0.25) is 9.59 Å². The highest BCUT2D eigenvalue weighted by Gasteiger charge is 2.06. The highest BCUT2D eigenvalue weighted by Crippen LogP contribution is 2.03. The second-order valence-corrected chi connectivity index (χ2v) is 3.68. The van der Waals surface area contributed by atoms with E-state index < -0.39 is 6.10 Å². The zero-order chi connectivity index (χ0) is 12.7. The van der Waals surface area contributed by atoms with E-state index in [4.69, 9.17) is 10.2 Å². The molecular weight excluding hydrogens is 222 g/mol. The molecule has 0 aliphatic rings. The molecular formula is C12H15NO4. The Balaban J connectivity index is 2.47. The minimum atomic E-state index is -0.944. The number of aliphatic hydroxyl groups is 2. The molecule has 0 saturated carbocycles. The van der Waals surface area contributed by atoms with Gasteiger partial charge in [0.1, 0.15) is 6.29 Å². The number of hydrogen-bond donors (Lipinski definition) is 3. The van der Waals surface area contributed by atoms with Gasteiger partial charge in [-0.1, -0.05) is 18.2 Å². The lowest BCUT2D eigenvalue weighted by Crippen LogP contribution is -2.34. The topological polar surface area (TPSA) is 86.6 Å². The van der Waals surface area contributed by atoms with Crippen molar-refractivity contribution in [1.29, 1.82) is 0 Å². The second-order valence-electron chi connectivity index (χ2n) is 3.68. The van der Waals surface area contributed by atoms with Crippen molar-refractivity contribution in [3.05, 3.63) is 35.4 Å². The summed E-state index contributed by atoms with van der Waals surface area (Å²) in [6, 6.07) is 6.74. The summed E-state index contributed by atoms with van der Waals surface area (Å²) in [5.74, 6) is -0.263. The number of aldehydes is 1. The maximum absolute atomic E-state index is 11.4. The Kier molecular flexibility index (Phi) is 5.32. The first-order chi connectivity index (χ1) is 8.15. The summed E-state index contributed by atoms with van der Waals surface area (Å²) in [6.45, 7) is -0.371. The predicted octanol–water partition coefficient (Wildman–Crippen LogP) is -0.489. The van der Waals surface area contributed by atoms with Crippen LogP contribution >= 0.6 is 0 Å². The van der Waals surface area contributed by atoms with Crippen LogP contribution in [0.5, 0.6) is 0 Å². The van der Waals surface area contributed by atoms with Gasteiger partial charge in [-0.2, -0.15) is 0 Å². The van der Waals surface area contributed by atoms with Gasteiger partial charge in [0, 0.05) is 12.1 Å². The van der Waals surface area contributed by atoms with E-state index in [1.54, 1.807) is 24.3 Å². The molecule has 0 heterocycles. The molecule has 17 heavy (non-hydrogen) atoms. The van der Waals surface area contributed by atoms with Gasteiger partial charge in [0.25, 0.3) is 0 Å².